The van der Waals surface area contributed by atoms with Crippen LogP contribution in [0.4, 0.5) is 5.82 Å². The predicted octanol–water partition coefficient (Wildman–Crippen LogP) is 3.31. The third kappa shape index (κ3) is 3.27. The highest BCUT2D eigenvalue weighted by Crippen LogP contribution is 2.28. The Hall–Kier alpha value is -2.60. The lowest BCUT2D eigenvalue weighted by Crippen LogP contribution is -2.04. The van der Waals surface area contributed by atoms with Crippen LogP contribution in [0.2, 0.25) is 5.28 Å². The van der Waals surface area contributed by atoms with E-state index in [2.05, 4.69) is 20.3 Å². The quantitative estimate of drug-likeness (QED) is 0.724. The first-order valence-corrected chi connectivity index (χ1v) is 7.32. The molecule has 0 bridgehead atoms. The number of benzene rings is 1. The summed E-state index contributed by atoms with van der Waals surface area (Å²) in [6, 6.07) is 9.46. The number of hydrogen-bond donors (Lipinski definition) is 1. The molecule has 0 aliphatic rings. The van der Waals surface area contributed by atoms with E-state index in [4.69, 9.17) is 21.1 Å². The maximum Gasteiger partial charge on any atom is 0.226 e. The van der Waals surface area contributed by atoms with Crippen LogP contribution in [-0.4, -0.2) is 29.2 Å². The first kappa shape index (κ1) is 15.3. The number of anilines is 1. The molecule has 2 aromatic heterocycles. The number of fused-ring (bicyclic) bond motifs is 1. The molecule has 7 heteroatoms. The lowest BCUT2D eigenvalue weighted by molar-refractivity contribution is 0.354. The molecule has 118 valence electrons. The molecule has 0 aliphatic carbocycles. The highest BCUT2D eigenvalue weighted by atomic mass is 35.5. The van der Waals surface area contributed by atoms with E-state index in [-0.39, 0.29) is 5.28 Å². The lowest BCUT2D eigenvalue weighted by Gasteiger charge is -2.11. The van der Waals surface area contributed by atoms with E-state index in [1.807, 2.05) is 30.3 Å². The fraction of sp³-hybridized carbons (Fsp3) is 0.188. The van der Waals surface area contributed by atoms with Gasteiger partial charge in [0.2, 0.25) is 5.28 Å². The Labute approximate surface area is 138 Å². The summed E-state index contributed by atoms with van der Waals surface area (Å²) < 4.78 is 10.5. The van der Waals surface area contributed by atoms with Gasteiger partial charge < -0.3 is 14.8 Å². The fourth-order valence-corrected chi connectivity index (χ4v) is 2.41. The zero-order valence-corrected chi connectivity index (χ0v) is 13.5. The van der Waals surface area contributed by atoms with Gasteiger partial charge in [-0.2, -0.15) is 4.98 Å². The monoisotopic (exact) mass is 330 g/mol. The van der Waals surface area contributed by atoms with Crippen LogP contribution in [0, 0.1) is 0 Å². The van der Waals surface area contributed by atoms with Gasteiger partial charge >= 0.3 is 0 Å². The Bertz CT molecular complexity index is 841. The molecule has 0 spiro atoms. The van der Waals surface area contributed by atoms with Crippen molar-refractivity contribution in [1.82, 2.24) is 15.0 Å². The second-order valence-corrected chi connectivity index (χ2v) is 5.10. The molecule has 0 unspecified atom stereocenters. The standard InChI is InChI=1S/C16H15ClN4O2/c1-22-12-6-5-10(8-13(12)23-2)9-19-15-11-4-3-7-18-14(11)20-16(17)21-15/h3-8H,9H2,1-2H3,(H,18,19,20,21). The van der Waals surface area contributed by atoms with E-state index < -0.39 is 0 Å². The van der Waals surface area contributed by atoms with Gasteiger partial charge in [-0.05, 0) is 41.4 Å². The summed E-state index contributed by atoms with van der Waals surface area (Å²) in [7, 11) is 3.22. The Morgan fingerprint density at radius 1 is 1.09 bits per heavy atom. The van der Waals surface area contributed by atoms with E-state index in [1.165, 1.54) is 0 Å². The Kier molecular flexibility index (Phi) is 4.43. The summed E-state index contributed by atoms with van der Waals surface area (Å²) in [6.45, 7) is 0.553. The minimum absolute atomic E-state index is 0.158. The van der Waals surface area contributed by atoms with Crippen molar-refractivity contribution < 1.29 is 9.47 Å². The number of nitrogens with zero attached hydrogens (tertiary/aromatic N) is 3. The number of pyridine rings is 1. The van der Waals surface area contributed by atoms with Crippen LogP contribution in [0.3, 0.4) is 0 Å². The van der Waals surface area contributed by atoms with Crippen molar-refractivity contribution in [3.63, 3.8) is 0 Å². The molecule has 23 heavy (non-hydrogen) atoms. The minimum atomic E-state index is 0.158. The number of rotatable bonds is 5. The van der Waals surface area contributed by atoms with Gasteiger partial charge in [-0.3, -0.25) is 0 Å². The molecule has 2 heterocycles. The van der Waals surface area contributed by atoms with E-state index in [9.17, 15) is 0 Å². The highest BCUT2D eigenvalue weighted by molar-refractivity contribution is 6.28. The van der Waals surface area contributed by atoms with Crippen molar-refractivity contribution in [2.75, 3.05) is 19.5 Å². The summed E-state index contributed by atoms with van der Waals surface area (Å²) in [4.78, 5) is 12.5. The predicted molar refractivity (Wildman–Crippen MR) is 89.2 cm³/mol. The molecule has 3 rings (SSSR count). The SMILES string of the molecule is COc1ccc(CNc2nc(Cl)nc3ncccc23)cc1OC. The topological polar surface area (TPSA) is 69.2 Å². The van der Waals surface area contributed by atoms with Crippen LogP contribution in [0.5, 0.6) is 11.5 Å². The molecule has 0 aliphatic heterocycles. The number of halogens is 1. The Morgan fingerprint density at radius 2 is 1.91 bits per heavy atom. The van der Waals surface area contributed by atoms with Gasteiger partial charge in [0, 0.05) is 12.7 Å². The van der Waals surface area contributed by atoms with Crippen LogP contribution >= 0.6 is 11.6 Å². The molecule has 6 nitrogen and oxygen atoms in total. The average Bonchev–Trinajstić information content (AvgIpc) is 2.59. The van der Waals surface area contributed by atoms with E-state index in [0.29, 0.717) is 29.5 Å². The zero-order chi connectivity index (χ0) is 16.2. The third-order valence-corrected chi connectivity index (χ3v) is 3.52. The van der Waals surface area contributed by atoms with Crippen LogP contribution in [-0.2, 0) is 6.54 Å². The smallest absolute Gasteiger partial charge is 0.226 e. The lowest BCUT2D eigenvalue weighted by atomic mass is 10.2. The fourth-order valence-electron chi connectivity index (χ4n) is 2.25. The van der Waals surface area contributed by atoms with E-state index >= 15 is 0 Å². The molecule has 1 aromatic carbocycles. The van der Waals surface area contributed by atoms with E-state index in [0.717, 1.165) is 10.9 Å². The Balaban J connectivity index is 1.86. The average molecular weight is 331 g/mol. The molecule has 1 N–H and O–H groups in total. The zero-order valence-electron chi connectivity index (χ0n) is 12.7. The molecule has 0 atom stereocenters. The van der Waals surface area contributed by atoms with Crippen LogP contribution in [0.25, 0.3) is 11.0 Å². The van der Waals surface area contributed by atoms with Crippen molar-refractivity contribution in [2.24, 2.45) is 0 Å². The van der Waals surface area contributed by atoms with Gasteiger partial charge in [0.05, 0.1) is 19.6 Å². The first-order valence-electron chi connectivity index (χ1n) is 6.94. The summed E-state index contributed by atoms with van der Waals surface area (Å²) in [6.07, 6.45) is 1.67. The molecule has 0 amide bonds. The van der Waals surface area contributed by atoms with Crippen molar-refractivity contribution in [2.45, 2.75) is 6.54 Å². The van der Waals surface area contributed by atoms with Gasteiger partial charge in [-0.25, -0.2) is 9.97 Å². The molecular weight excluding hydrogens is 316 g/mol. The largest absolute Gasteiger partial charge is 0.493 e. The van der Waals surface area contributed by atoms with Crippen molar-refractivity contribution in [3.05, 3.63) is 47.4 Å². The molecule has 0 saturated carbocycles. The highest BCUT2D eigenvalue weighted by Gasteiger charge is 2.08. The second-order valence-electron chi connectivity index (χ2n) is 4.76. The summed E-state index contributed by atoms with van der Waals surface area (Å²) in [5.74, 6) is 2.01. The summed E-state index contributed by atoms with van der Waals surface area (Å²) in [5.41, 5.74) is 1.58. The number of hydrogen-bond acceptors (Lipinski definition) is 6. The van der Waals surface area contributed by atoms with Crippen LogP contribution < -0.4 is 14.8 Å². The van der Waals surface area contributed by atoms with Crippen molar-refractivity contribution in [3.8, 4) is 11.5 Å². The Morgan fingerprint density at radius 3 is 2.70 bits per heavy atom. The number of methoxy groups -OCH3 is 2. The summed E-state index contributed by atoms with van der Waals surface area (Å²) >= 11 is 5.95. The van der Waals surface area contributed by atoms with Crippen LogP contribution in [0.15, 0.2) is 36.5 Å². The molecule has 3 aromatic rings. The van der Waals surface area contributed by atoms with Crippen molar-refractivity contribution in [1.29, 1.82) is 0 Å². The molecule has 0 saturated heterocycles. The molecular formula is C16H15ClN4O2. The van der Waals surface area contributed by atoms with Gasteiger partial charge in [-0.1, -0.05) is 6.07 Å². The van der Waals surface area contributed by atoms with Gasteiger partial charge in [0.15, 0.2) is 17.1 Å². The molecule has 0 fully saturated rings. The maximum absolute atomic E-state index is 5.95. The minimum Gasteiger partial charge on any atom is -0.493 e. The number of aromatic nitrogens is 3. The number of ether oxygens (including phenoxy) is 2. The normalized spacial score (nSPS) is 10.6. The molecule has 0 radical (unpaired) electrons. The maximum atomic E-state index is 5.95. The van der Waals surface area contributed by atoms with Gasteiger partial charge in [-0.15, -0.1) is 0 Å². The van der Waals surface area contributed by atoms with Gasteiger partial charge in [0.1, 0.15) is 5.82 Å². The number of nitrogens with one attached hydrogen (secondary N) is 1. The van der Waals surface area contributed by atoms with Crippen LogP contribution in [0.1, 0.15) is 5.56 Å². The second kappa shape index (κ2) is 6.66. The summed E-state index contributed by atoms with van der Waals surface area (Å²) in [5, 5.41) is 4.24. The van der Waals surface area contributed by atoms with Gasteiger partial charge in [0.25, 0.3) is 0 Å². The van der Waals surface area contributed by atoms with Crippen molar-refractivity contribution >= 4 is 28.5 Å². The third-order valence-electron chi connectivity index (χ3n) is 3.35. The van der Waals surface area contributed by atoms with E-state index in [1.54, 1.807) is 20.4 Å². The first-order chi connectivity index (χ1) is 11.2.